The molecule has 0 fully saturated rings. The number of alkyl halides is 3. The molecular weight excluding hydrogens is 399 g/mol. The molecule has 0 aromatic heterocycles. The summed E-state index contributed by atoms with van der Waals surface area (Å²) in [6, 6.07) is 5.93. The van der Waals surface area contributed by atoms with Crippen LogP contribution in [0.4, 0.5) is 11.4 Å². The van der Waals surface area contributed by atoms with E-state index in [0.717, 1.165) is 0 Å². The van der Waals surface area contributed by atoms with Crippen molar-refractivity contribution in [1.29, 1.82) is 0 Å². The van der Waals surface area contributed by atoms with Crippen molar-refractivity contribution >= 4 is 69.4 Å². The maximum absolute atomic E-state index is 11.7. The predicted molar refractivity (Wildman–Crippen MR) is 99.6 cm³/mol. The zero-order valence-corrected chi connectivity index (χ0v) is 15.6. The number of benzene rings is 1. The number of halogens is 3. The molecule has 3 N–H and O–H groups in total. The molecule has 0 aliphatic heterocycles. The van der Waals surface area contributed by atoms with E-state index >= 15 is 0 Å². The van der Waals surface area contributed by atoms with Crippen molar-refractivity contribution in [1.82, 2.24) is 10.6 Å². The van der Waals surface area contributed by atoms with Crippen LogP contribution in [-0.4, -0.2) is 25.9 Å². The van der Waals surface area contributed by atoms with Gasteiger partial charge in [0.25, 0.3) is 5.69 Å². The zero-order valence-electron chi connectivity index (χ0n) is 12.5. The largest absolute Gasteiger partial charge is 0.339 e. The lowest BCUT2D eigenvalue weighted by atomic mass is 10.3. The molecular formula is C13H15Cl3N4O3S. The van der Waals surface area contributed by atoms with Gasteiger partial charge in [0.15, 0.2) is 5.11 Å². The number of nitrogens with zero attached hydrogens (tertiary/aromatic N) is 1. The van der Waals surface area contributed by atoms with E-state index in [-0.39, 0.29) is 28.8 Å². The zero-order chi connectivity index (χ0) is 18.3. The molecule has 0 spiro atoms. The van der Waals surface area contributed by atoms with Crippen molar-refractivity contribution in [3.63, 3.8) is 0 Å². The highest BCUT2D eigenvalue weighted by Gasteiger charge is 2.34. The summed E-state index contributed by atoms with van der Waals surface area (Å²) in [5, 5.41) is 18.7. The quantitative estimate of drug-likeness (QED) is 0.217. The Bertz CT molecular complexity index is 625. The van der Waals surface area contributed by atoms with Crippen molar-refractivity contribution in [3.8, 4) is 0 Å². The number of hydrogen-bond donors (Lipinski definition) is 3. The number of para-hydroxylation sites is 2. The molecule has 1 aromatic rings. The molecule has 0 heterocycles. The summed E-state index contributed by atoms with van der Waals surface area (Å²) in [5.41, 5.74) is 0.00468. The van der Waals surface area contributed by atoms with E-state index in [1.54, 1.807) is 6.07 Å². The summed E-state index contributed by atoms with van der Waals surface area (Å²) in [6.07, 6.45) is -0.232. The van der Waals surface area contributed by atoms with Gasteiger partial charge in [-0.05, 0) is 24.7 Å². The van der Waals surface area contributed by atoms with Crippen LogP contribution in [0.3, 0.4) is 0 Å². The van der Waals surface area contributed by atoms with Crippen LogP contribution in [0.15, 0.2) is 24.3 Å². The van der Waals surface area contributed by atoms with Gasteiger partial charge in [-0.3, -0.25) is 14.9 Å². The number of thiocarbonyl (C=S) groups is 1. The Kier molecular flexibility index (Phi) is 7.95. The van der Waals surface area contributed by atoms with Gasteiger partial charge in [0, 0.05) is 12.5 Å². The molecule has 132 valence electrons. The van der Waals surface area contributed by atoms with Crippen LogP contribution < -0.4 is 16.0 Å². The molecule has 1 amide bonds. The Morgan fingerprint density at radius 1 is 1.33 bits per heavy atom. The number of anilines is 1. The number of carbonyl (C=O) groups is 1. The molecule has 0 aliphatic rings. The normalized spacial score (nSPS) is 12.2. The molecule has 0 saturated carbocycles. The second kappa shape index (κ2) is 9.22. The van der Waals surface area contributed by atoms with Gasteiger partial charge in [-0.15, -0.1) is 0 Å². The molecule has 0 radical (unpaired) electrons. The number of rotatable bonds is 6. The standard InChI is InChI=1S/C13H15Cl3N4O3S/c1-2-5-10(21)18-11(13(14,15)16)19-12(24)17-8-6-3-4-7-9(8)20(22)23/h3-4,6-7,11H,2,5H2,1H3,(H,18,21)(H2,17,19,24). The first-order chi connectivity index (χ1) is 11.1. The highest BCUT2D eigenvalue weighted by Crippen LogP contribution is 2.29. The first kappa shape index (κ1) is 20.7. The maximum atomic E-state index is 11.7. The molecule has 1 rings (SSSR count). The van der Waals surface area contributed by atoms with Crippen LogP contribution in [0.25, 0.3) is 0 Å². The highest BCUT2D eigenvalue weighted by atomic mass is 35.6. The molecule has 7 nitrogen and oxygen atoms in total. The second-order valence-electron chi connectivity index (χ2n) is 4.66. The third-order valence-corrected chi connectivity index (χ3v) is 3.61. The minimum absolute atomic E-state index is 0.0441. The number of hydrogen-bond acceptors (Lipinski definition) is 4. The fraction of sp³-hybridized carbons (Fsp3) is 0.385. The first-order valence-electron chi connectivity index (χ1n) is 6.82. The number of nitro groups is 1. The Balaban J connectivity index is 2.82. The van der Waals surface area contributed by atoms with Gasteiger partial charge in [-0.2, -0.15) is 0 Å². The summed E-state index contributed by atoms with van der Waals surface area (Å²) in [7, 11) is 0. The molecule has 1 atom stereocenters. The third-order valence-electron chi connectivity index (χ3n) is 2.73. The Labute approximate surface area is 159 Å². The van der Waals surface area contributed by atoms with Crippen molar-refractivity contribution in [2.45, 2.75) is 29.7 Å². The van der Waals surface area contributed by atoms with E-state index in [9.17, 15) is 14.9 Å². The van der Waals surface area contributed by atoms with Gasteiger partial charge in [0.2, 0.25) is 9.70 Å². The minimum Gasteiger partial charge on any atom is -0.339 e. The van der Waals surface area contributed by atoms with E-state index in [2.05, 4.69) is 16.0 Å². The maximum Gasteiger partial charge on any atom is 0.292 e. The Hall–Kier alpha value is -1.35. The van der Waals surface area contributed by atoms with Gasteiger partial charge < -0.3 is 16.0 Å². The summed E-state index contributed by atoms with van der Waals surface area (Å²) in [5.74, 6) is -0.324. The monoisotopic (exact) mass is 412 g/mol. The molecule has 1 aromatic carbocycles. The molecule has 11 heteroatoms. The fourth-order valence-electron chi connectivity index (χ4n) is 1.69. The van der Waals surface area contributed by atoms with Crippen molar-refractivity contribution in [2.75, 3.05) is 5.32 Å². The Morgan fingerprint density at radius 3 is 2.50 bits per heavy atom. The van der Waals surface area contributed by atoms with Crippen LogP contribution in [0.5, 0.6) is 0 Å². The topological polar surface area (TPSA) is 96.3 Å². The van der Waals surface area contributed by atoms with Crippen LogP contribution in [0.1, 0.15) is 19.8 Å². The molecule has 1 unspecified atom stereocenters. The minimum atomic E-state index is -1.88. The van der Waals surface area contributed by atoms with Gasteiger partial charge in [0.1, 0.15) is 11.9 Å². The van der Waals surface area contributed by atoms with Gasteiger partial charge in [-0.1, -0.05) is 53.9 Å². The molecule has 24 heavy (non-hydrogen) atoms. The van der Waals surface area contributed by atoms with Crippen molar-refractivity contribution in [2.24, 2.45) is 0 Å². The highest BCUT2D eigenvalue weighted by molar-refractivity contribution is 7.80. The Morgan fingerprint density at radius 2 is 1.96 bits per heavy atom. The fourth-order valence-corrected chi connectivity index (χ4v) is 2.24. The number of amides is 1. The second-order valence-corrected chi connectivity index (χ2v) is 7.44. The van der Waals surface area contributed by atoms with Crippen LogP contribution in [-0.2, 0) is 4.79 Å². The number of nitrogens with one attached hydrogen (secondary N) is 3. The van der Waals surface area contributed by atoms with Gasteiger partial charge in [-0.25, -0.2) is 0 Å². The molecule has 0 bridgehead atoms. The average Bonchev–Trinajstić information content (AvgIpc) is 2.46. The average molecular weight is 414 g/mol. The number of nitro benzene ring substituents is 1. The lowest BCUT2D eigenvalue weighted by molar-refractivity contribution is -0.383. The van der Waals surface area contributed by atoms with Crippen LogP contribution >= 0.6 is 47.0 Å². The van der Waals surface area contributed by atoms with E-state index in [1.165, 1.54) is 18.2 Å². The van der Waals surface area contributed by atoms with E-state index in [0.29, 0.717) is 6.42 Å². The van der Waals surface area contributed by atoms with Gasteiger partial charge >= 0.3 is 0 Å². The third kappa shape index (κ3) is 6.64. The number of carbonyl (C=O) groups excluding carboxylic acids is 1. The van der Waals surface area contributed by atoms with E-state index in [1.807, 2.05) is 6.92 Å². The SMILES string of the molecule is CCCC(=O)NC(NC(=S)Nc1ccccc1[N+](=O)[O-])C(Cl)(Cl)Cl. The van der Waals surface area contributed by atoms with Crippen LogP contribution in [0.2, 0.25) is 0 Å². The van der Waals surface area contributed by atoms with E-state index in [4.69, 9.17) is 47.0 Å². The first-order valence-corrected chi connectivity index (χ1v) is 8.36. The molecule has 0 aliphatic carbocycles. The summed E-state index contributed by atoms with van der Waals surface area (Å²) >= 11 is 22.6. The van der Waals surface area contributed by atoms with Crippen molar-refractivity contribution < 1.29 is 9.72 Å². The van der Waals surface area contributed by atoms with Crippen molar-refractivity contribution in [3.05, 3.63) is 34.4 Å². The summed E-state index contributed by atoms with van der Waals surface area (Å²) in [4.78, 5) is 22.1. The van der Waals surface area contributed by atoms with E-state index < -0.39 is 14.9 Å². The smallest absolute Gasteiger partial charge is 0.292 e. The molecule has 0 saturated heterocycles. The summed E-state index contributed by atoms with van der Waals surface area (Å²) in [6.45, 7) is 1.83. The lowest BCUT2D eigenvalue weighted by Crippen LogP contribution is -2.56. The van der Waals surface area contributed by atoms with Gasteiger partial charge in [0.05, 0.1) is 4.92 Å². The lowest BCUT2D eigenvalue weighted by Gasteiger charge is -2.27. The summed E-state index contributed by atoms with van der Waals surface area (Å²) < 4.78 is -1.88. The van der Waals surface area contributed by atoms with Crippen LogP contribution in [0, 0.1) is 10.1 Å². The predicted octanol–water partition coefficient (Wildman–Crippen LogP) is 3.49.